The zero-order chi connectivity index (χ0) is 14.0. The van der Waals surface area contributed by atoms with Crippen molar-refractivity contribution in [2.45, 2.75) is 0 Å². The summed E-state index contributed by atoms with van der Waals surface area (Å²) in [5.74, 6) is 0.672. The number of benzene rings is 1. The fourth-order valence-electron chi connectivity index (χ4n) is 1.66. The SMILES string of the molecule is COc1ccc(-c2nc(=O)n(C)cc2C#N)cc1Br. The molecule has 0 radical (unpaired) electrons. The second kappa shape index (κ2) is 5.24. The molecule has 2 aromatic rings. The van der Waals surface area contributed by atoms with E-state index in [9.17, 15) is 4.79 Å². The van der Waals surface area contributed by atoms with Crippen LogP contribution in [0.2, 0.25) is 0 Å². The Bertz CT molecular complexity index is 732. The van der Waals surface area contributed by atoms with Crippen molar-refractivity contribution in [2.24, 2.45) is 7.05 Å². The third-order valence-corrected chi connectivity index (χ3v) is 3.25. The quantitative estimate of drug-likeness (QED) is 0.850. The third kappa shape index (κ3) is 2.51. The first-order chi connectivity index (χ1) is 9.06. The minimum absolute atomic E-state index is 0.346. The Balaban J connectivity index is 2.65. The summed E-state index contributed by atoms with van der Waals surface area (Å²) < 4.78 is 7.15. The van der Waals surface area contributed by atoms with Crippen molar-refractivity contribution < 1.29 is 4.74 Å². The van der Waals surface area contributed by atoms with Gasteiger partial charge in [0, 0.05) is 18.8 Å². The van der Waals surface area contributed by atoms with Gasteiger partial charge >= 0.3 is 5.69 Å². The number of hydrogen-bond donors (Lipinski definition) is 0. The molecule has 0 fully saturated rings. The molecule has 96 valence electrons. The van der Waals surface area contributed by atoms with E-state index in [1.165, 1.54) is 10.8 Å². The van der Waals surface area contributed by atoms with Gasteiger partial charge in [-0.1, -0.05) is 0 Å². The van der Waals surface area contributed by atoms with Gasteiger partial charge < -0.3 is 9.30 Å². The van der Waals surface area contributed by atoms with E-state index in [4.69, 9.17) is 10.00 Å². The molecule has 0 aliphatic rings. The molecule has 6 heteroatoms. The Morgan fingerprint density at radius 2 is 2.21 bits per heavy atom. The number of rotatable bonds is 2. The molecule has 0 amide bonds. The summed E-state index contributed by atoms with van der Waals surface area (Å²) in [5, 5.41) is 9.12. The largest absolute Gasteiger partial charge is 0.496 e. The number of nitriles is 1. The van der Waals surface area contributed by atoms with Crippen LogP contribution in [-0.2, 0) is 7.05 Å². The van der Waals surface area contributed by atoms with E-state index in [2.05, 4.69) is 20.9 Å². The Hall–Kier alpha value is -2.13. The third-order valence-electron chi connectivity index (χ3n) is 2.63. The van der Waals surface area contributed by atoms with Gasteiger partial charge in [-0.25, -0.2) is 4.79 Å². The minimum Gasteiger partial charge on any atom is -0.496 e. The van der Waals surface area contributed by atoms with Gasteiger partial charge in [0.25, 0.3) is 0 Å². The predicted octanol–water partition coefficient (Wildman–Crippen LogP) is 2.09. The van der Waals surface area contributed by atoms with Crippen LogP contribution in [-0.4, -0.2) is 16.7 Å². The van der Waals surface area contributed by atoms with Gasteiger partial charge in [-0.3, -0.25) is 0 Å². The summed E-state index contributed by atoms with van der Waals surface area (Å²) in [5.41, 5.74) is 0.996. The highest BCUT2D eigenvalue weighted by Crippen LogP contribution is 2.30. The van der Waals surface area contributed by atoms with E-state index in [1.54, 1.807) is 32.4 Å². The molecule has 1 heterocycles. The van der Waals surface area contributed by atoms with Crippen molar-refractivity contribution in [1.82, 2.24) is 9.55 Å². The van der Waals surface area contributed by atoms with Crippen LogP contribution in [0.15, 0.2) is 33.7 Å². The molecular formula is C13H10BrN3O2. The molecule has 1 aromatic carbocycles. The number of hydrogen-bond acceptors (Lipinski definition) is 4. The molecule has 0 saturated heterocycles. The van der Waals surface area contributed by atoms with Crippen LogP contribution in [0.5, 0.6) is 5.75 Å². The predicted molar refractivity (Wildman–Crippen MR) is 73.9 cm³/mol. The van der Waals surface area contributed by atoms with Crippen LogP contribution in [0.4, 0.5) is 0 Å². The molecule has 0 bridgehead atoms. The van der Waals surface area contributed by atoms with Gasteiger partial charge in [0.15, 0.2) is 0 Å². The summed E-state index contributed by atoms with van der Waals surface area (Å²) in [6.45, 7) is 0. The van der Waals surface area contributed by atoms with Crippen molar-refractivity contribution in [3.05, 3.63) is 44.9 Å². The minimum atomic E-state index is -0.402. The van der Waals surface area contributed by atoms with Gasteiger partial charge in [-0.15, -0.1) is 0 Å². The molecule has 0 saturated carbocycles. The standard InChI is InChI=1S/C13H10BrN3O2/c1-17-7-9(6-15)12(16-13(17)18)8-3-4-11(19-2)10(14)5-8/h3-5,7H,1-2H3. The smallest absolute Gasteiger partial charge is 0.347 e. The van der Waals surface area contributed by atoms with E-state index in [1.807, 2.05) is 6.07 Å². The molecule has 0 aliphatic heterocycles. The van der Waals surface area contributed by atoms with Gasteiger partial charge in [-0.2, -0.15) is 10.2 Å². The second-order valence-corrected chi connectivity index (χ2v) is 4.71. The molecule has 0 N–H and O–H groups in total. The molecule has 5 nitrogen and oxygen atoms in total. The maximum absolute atomic E-state index is 11.6. The van der Waals surface area contributed by atoms with Crippen molar-refractivity contribution in [2.75, 3.05) is 7.11 Å². The highest BCUT2D eigenvalue weighted by molar-refractivity contribution is 9.10. The van der Waals surface area contributed by atoms with Crippen molar-refractivity contribution in [1.29, 1.82) is 5.26 Å². The highest BCUT2D eigenvalue weighted by Gasteiger charge is 2.11. The van der Waals surface area contributed by atoms with E-state index >= 15 is 0 Å². The van der Waals surface area contributed by atoms with Crippen LogP contribution in [0.3, 0.4) is 0 Å². The van der Waals surface area contributed by atoms with E-state index in [0.29, 0.717) is 22.6 Å². The Morgan fingerprint density at radius 3 is 2.79 bits per heavy atom. The van der Waals surface area contributed by atoms with Crippen LogP contribution in [0.1, 0.15) is 5.56 Å². The maximum Gasteiger partial charge on any atom is 0.347 e. The summed E-state index contributed by atoms with van der Waals surface area (Å²) in [7, 11) is 3.13. The molecule has 0 atom stereocenters. The summed E-state index contributed by atoms with van der Waals surface area (Å²) >= 11 is 3.37. The lowest BCUT2D eigenvalue weighted by molar-refractivity contribution is 0.412. The Labute approximate surface area is 118 Å². The maximum atomic E-state index is 11.6. The van der Waals surface area contributed by atoms with Crippen molar-refractivity contribution >= 4 is 15.9 Å². The average molecular weight is 320 g/mol. The average Bonchev–Trinajstić information content (AvgIpc) is 2.41. The molecule has 0 unspecified atom stereocenters. The van der Waals surface area contributed by atoms with Crippen LogP contribution in [0.25, 0.3) is 11.3 Å². The first-order valence-electron chi connectivity index (χ1n) is 5.38. The zero-order valence-electron chi connectivity index (χ0n) is 10.3. The normalized spacial score (nSPS) is 10.0. The van der Waals surface area contributed by atoms with E-state index in [0.717, 1.165) is 4.47 Å². The molecular weight excluding hydrogens is 310 g/mol. The summed E-state index contributed by atoms with van der Waals surface area (Å²) in [6.07, 6.45) is 1.48. The number of methoxy groups -OCH3 is 1. The van der Waals surface area contributed by atoms with E-state index < -0.39 is 5.69 Å². The summed E-state index contributed by atoms with van der Waals surface area (Å²) in [4.78, 5) is 15.5. The lowest BCUT2D eigenvalue weighted by Crippen LogP contribution is -2.20. The number of ether oxygens (including phenoxy) is 1. The first kappa shape index (κ1) is 13.3. The topological polar surface area (TPSA) is 67.9 Å². The lowest BCUT2D eigenvalue weighted by atomic mass is 10.1. The highest BCUT2D eigenvalue weighted by atomic mass is 79.9. The summed E-state index contributed by atoms with van der Waals surface area (Å²) in [6, 6.07) is 7.31. The monoisotopic (exact) mass is 319 g/mol. The number of nitrogens with zero attached hydrogens (tertiary/aromatic N) is 3. The van der Waals surface area contributed by atoms with Gasteiger partial charge in [0.05, 0.1) is 22.8 Å². The number of halogens is 1. The Kier molecular flexibility index (Phi) is 3.67. The molecule has 0 aliphatic carbocycles. The molecule has 19 heavy (non-hydrogen) atoms. The second-order valence-electron chi connectivity index (χ2n) is 3.86. The van der Waals surface area contributed by atoms with Gasteiger partial charge in [-0.05, 0) is 34.1 Å². The Morgan fingerprint density at radius 1 is 1.47 bits per heavy atom. The zero-order valence-corrected chi connectivity index (χ0v) is 11.9. The fourth-order valence-corrected chi connectivity index (χ4v) is 2.20. The van der Waals surface area contributed by atoms with E-state index in [-0.39, 0.29) is 0 Å². The van der Waals surface area contributed by atoms with Crippen molar-refractivity contribution in [3.63, 3.8) is 0 Å². The lowest BCUT2D eigenvalue weighted by Gasteiger charge is -2.07. The number of aromatic nitrogens is 2. The van der Waals surface area contributed by atoms with Crippen LogP contribution >= 0.6 is 15.9 Å². The van der Waals surface area contributed by atoms with Crippen molar-refractivity contribution in [3.8, 4) is 23.1 Å². The molecule has 2 rings (SSSR count). The fraction of sp³-hybridized carbons (Fsp3) is 0.154. The van der Waals surface area contributed by atoms with Crippen LogP contribution < -0.4 is 10.4 Å². The first-order valence-corrected chi connectivity index (χ1v) is 6.18. The molecule has 1 aromatic heterocycles. The van der Waals surface area contributed by atoms with Gasteiger partial charge in [0.2, 0.25) is 0 Å². The van der Waals surface area contributed by atoms with Gasteiger partial charge in [0.1, 0.15) is 11.8 Å². The van der Waals surface area contributed by atoms with Crippen LogP contribution in [0, 0.1) is 11.3 Å². The number of aryl methyl sites for hydroxylation is 1. The molecule has 0 spiro atoms.